The number of nitrogens with one attached hydrogen (secondary N) is 1. The van der Waals surface area contributed by atoms with Gasteiger partial charge in [0.2, 0.25) is 0 Å². The van der Waals surface area contributed by atoms with Gasteiger partial charge in [0.1, 0.15) is 0 Å². The summed E-state index contributed by atoms with van der Waals surface area (Å²) >= 11 is 0. The Morgan fingerprint density at radius 1 is 1.86 bits per heavy atom. The molecule has 2 nitrogen and oxygen atoms in total. The van der Waals surface area contributed by atoms with Crippen molar-refractivity contribution in [3.63, 3.8) is 0 Å². The lowest BCUT2D eigenvalue weighted by atomic mass is 10.3. The Balaban J connectivity index is 2.42. The lowest BCUT2D eigenvalue weighted by Gasteiger charge is -2.05. The summed E-state index contributed by atoms with van der Waals surface area (Å²) in [6.07, 6.45) is 2.01. The third-order valence-electron chi connectivity index (χ3n) is 1.02. The normalized spacial score (nSPS) is 21.7. The van der Waals surface area contributed by atoms with Crippen LogP contribution in [0.1, 0.15) is 6.92 Å². The van der Waals surface area contributed by atoms with Crippen LogP contribution in [0.3, 0.4) is 0 Å². The van der Waals surface area contributed by atoms with Crippen LogP contribution in [0.5, 0.6) is 0 Å². The first-order chi connectivity index (χ1) is 3.29. The van der Waals surface area contributed by atoms with E-state index in [1.807, 2.05) is 18.3 Å². The van der Waals surface area contributed by atoms with E-state index in [4.69, 9.17) is 0 Å². The standard InChI is InChI=1S/C5H10N2/c1-5-3-6-7(2)4-5/h3,6H,4H2,1-2H3. The van der Waals surface area contributed by atoms with E-state index < -0.39 is 0 Å². The average molecular weight is 98.1 g/mol. The molecule has 0 bridgehead atoms. The van der Waals surface area contributed by atoms with Crippen LogP contribution in [-0.4, -0.2) is 18.6 Å². The average Bonchev–Trinajstić information content (AvgIpc) is 1.87. The van der Waals surface area contributed by atoms with Crippen molar-refractivity contribution in [1.82, 2.24) is 10.4 Å². The van der Waals surface area contributed by atoms with Crippen molar-refractivity contribution in [2.24, 2.45) is 0 Å². The molecule has 0 saturated carbocycles. The molecule has 0 aromatic carbocycles. The van der Waals surface area contributed by atoms with Gasteiger partial charge in [-0.15, -0.1) is 0 Å². The molecule has 0 fully saturated rings. The summed E-state index contributed by atoms with van der Waals surface area (Å²) in [5.74, 6) is 0. The molecule has 0 spiro atoms. The van der Waals surface area contributed by atoms with Gasteiger partial charge in [-0.1, -0.05) is 0 Å². The maximum Gasteiger partial charge on any atom is 0.0400 e. The lowest BCUT2D eigenvalue weighted by molar-refractivity contribution is 0.329. The molecule has 0 aromatic rings. The molecule has 7 heavy (non-hydrogen) atoms. The van der Waals surface area contributed by atoms with Gasteiger partial charge in [-0.05, 0) is 12.5 Å². The van der Waals surface area contributed by atoms with Crippen molar-refractivity contribution in [2.45, 2.75) is 6.92 Å². The molecule has 0 radical (unpaired) electrons. The van der Waals surface area contributed by atoms with Crippen LogP contribution in [0.15, 0.2) is 11.8 Å². The van der Waals surface area contributed by atoms with Crippen molar-refractivity contribution < 1.29 is 0 Å². The van der Waals surface area contributed by atoms with Gasteiger partial charge in [0, 0.05) is 19.8 Å². The maximum atomic E-state index is 3.04. The van der Waals surface area contributed by atoms with Crippen LogP contribution in [-0.2, 0) is 0 Å². The molecule has 1 N–H and O–H groups in total. The fourth-order valence-corrected chi connectivity index (χ4v) is 0.686. The molecule has 0 aliphatic carbocycles. The van der Waals surface area contributed by atoms with Gasteiger partial charge >= 0.3 is 0 Å². The molecule has 0 aromatic heterocycles. The highest BCUT2D eigenvalue weighted by molar-refractivity contribution is 5.02. The minimum Gasteiger partial charge on any atom is -0.326 e. The van der Waals surface area contributed by atoms with Gasteiger partial charge < -0.3 is 5.43 Å². The van der Waals surface area contributed by atoms with E-state index in [1.165, 1.54) is 5.57 Å². The fraction of sp³-hybridized carbons (Fsp3) is 0.600. The predicted molar refractivity (Wildman–Crippen MR) is 29.5 cm³/mol. The van der Waals surface area contributed by atoms with Crippen LogP contribution in [0.2, 0.25) is 0 Å². The van der Waals surface area contributed by atoms with E-state index >= 15 is 0 Å². The van der Waals surface area contributed by atoms with Crippen molar-refractivity contribution >= 4 is 0 Å². The van der Waals surface area contributed by atoms with E-state index in [0.29, 0.717) is 0 Å². The SMILES string of the molecule is CC1=CNN(C)C1. The first-order valence-corrected chi connectivity index (χ1v) is 2.42. The van der Waals surface area contributed by atoms with Gasteiger partial charge in [0.05, 0.1) is 0 Å². The summed E-state index contributed by atoms with van der Waals surface area (Å²) < 4.78 is 0. The van der Waals surface area contributed by atoms with E-state index in [0.717, 1.165) is 6.54 Å². The Morgan fingerprint density at radius 3 is 2.71 bits per heavy atom. The molecule has 1 rings (SSSR count). The van der Waals surface area contributed by atoms with E-state index in [1.54, 1.807) is 0 Å². The number of nitrogens with zero attached hydrogens (tertiary/aromatic N) is 1. The molecular weight excluding hydrogens is 88.1 g/mol. The summed E-state index contributed by atoms with van der Waals surface area (Å²) in [4.78, 5) is 0. The van der Waals surface area contributed by atoms with Gasteiger partial charge in [0.15, 0.2) is 0 Å². The molecule has 1 heterocycles. The zero-order chi connectivity index (χ0) is 5.28. The Kier molecular flexibility index (Phi) is 1.02. The van der Waals surface area contributed by atoms with Crippen LogP contribution in [0.4, 0.5) is 0 Å². The topological polar surface area (TPSA) is 15.3 Å². The predicted octanol–water partition coefficient (Wildman–Crippen LogP) is 0.340. The van der Waals surface area contributed by atoms with Crippen LogP contribution < -0.4 is 5.43 Å². The highest BCUT2D eigenvalue weighted by atomic mass is 15.5. The second-order valence-corrected chi connectivity index (χ2v) is 1.98. The minimum absolute atomic E-state index is 1.06. The largest absolute Gasteiger partial charge is 0.326 e. The third kappa shape index (κ3) is 0.933. The zero-order valence-corrected chi connectivity index (χ0v) is 4.73. The summed E-state index contributed by atoms with van der Waals surface area (Å²) in [5.41, 5.74) is 4.43. The molecule has 2 heteroatoms. The van der Waals surface area contributed by atoms with Gasteiger partial charge in [-0.2, -0.15) is 0 Å². The summed E-state index contributed by atoms with van der Waals surface area (Å²) in [5, 5.41) is 2.04. The molecule has 1 aliphatic rings. The van der Waals surface area contributed by atoms with Gasteiger partial charge in [0.25, 0.3) is 0 Å². The molecular formula is C5H10N2. The number of likely N-dealkylation sites (N-methyl/N-ethyl adjacent to an activating group) is 1. The third-order valence-corrected chi connectivity index (χ3v) is 1.02. The number of hydrazine groups is 1. The number of hydrogen-bond acceptors (Lipinski definition) is 2. The van der Waals surface area contributed by atoms with Crippen LogP contribution in [0, 0.1) is 0 Å². The zero-order valence-electron chi connectivity index (χ0n) is 4.73. The van der Waals surface area contributed by atoms with E-state index in [2.05, 4.69) is 12.3 Å². The smallest absolute Gasteiger partial charge is 0.0400 e. The molecule has 0 atom stereocenters. The maximum absolute atomic E-state index is 3.04. The number of hydrogen-bond donors (Lipinski definition) is 1. The summed E-state index contributed by atoms with van der Waals surface area (Å²) in [6, 6.07) is 0. The van der Waals surface area contributed by atoms with Gasteiger partial charge in [-0.25, -0.2) is 5.01 Å². The first kappa shape index (κ1) is 4.65. The summed E-state index contributed by atoms with van der Waals surface area (Å²) in [7, 11) is 2.02. The number of rotatable bonds is 0. The quantitative estimate of drug-likeness (QED) is 0.470. The van der Waals surface area contributed by atoms with Gasteiger partial charge in [-0.3, -0.25) is 0 Å². The fourth-order valence-electron chi connectivity index (χ4n) is 0.686. The molecule has 0 saturated heterocycles. The Morgan fingerprint density at radius 2 is 2.57 bits per heavy atom. The van der Waals surface area contributed by atoms with Crippen molar-refractivity contribution in [2.75, 3.05) is 13.6 Å². The molecule has 0 unspecified atom stereocenters. The second-order valence-electron chi connectivity index (χ2n) is 1.98. The first-order valence-electron chi connectivity index (χ1n) is 2.42. The monoisotopic (exact) mass is 98.1 g/mol. The van der Waals surface area contributed by atoms with Crippen molar-refractivity contribution in [1.29, 1.82) is 0 Å². The van der Waals surface area contributed by atoms with Crippen LogP contribution >= 0.6 is 0 Å². The minimum atomic E-state index is 1.06. The lowest BCUT2D eigenvalue weighted by Crippen LogP contribution is -2.24. The second kappa shape index (κ2) is 1.54. The van der Waals surface area contributed by atoms with E-state index in [9.17, 15) is 0 Å². The van der Waals surface area contributed by atoms with Crippen molar-refractivity contribution in [3.8, 4) is 0 Å². The van der Waals surface area contributed by atoms with Crippen LogP contribution in [0.25, 0.3) is 0 Å². The Bertz CT molecular complexity index is 96.3. The molecule has 40 valence electrons. The van der Waals surface area contributed by atoms with E-state index in [-0.39, 0.29) is 0 Å². The molecule has 0 amide bonds. The highest BCUT2D eigenvalue weighted by Crippen LogP contribution is 1.97. The Hall–Kier alpha value is -0.500. The highest BCUT2D eigenvalue weighted by Gasteiger charge is 2.01. The summed E-state index contributed by atoms with van der Waals surface area (Å²) in [6.45, 7) is 3.16. The molecule has 1 aliphatic heterocycles. The Labute approximate surface area is 43.8 Å². The van der Waals surface area contributed by atoms with Crippen molar-refractivity contribution in [3.05, 3.63) is 11.8 Å².